The predicted octanol–water partition coefficient (Wildman–Crippen LogP) is 2.88. The fourth-order valence-corrected chi connectivity index (χ4v) is 3.17. The van der Waals surface area contributed by atoms with Gasteiger partial charge in [-0.1, -0.05) is 35.9 Å². The Hall–Kier alpha value is -2.42. The summed E-state index contributed by atoms with van der Waals surface area (Å²) in [4.78, 5) is 30.2. The first-order valence-electron chi connectivity index (χ1n) is 8.97. The molecule has 0 aromatic heterocycles. The number of amides is 2. The highest BCUT2D eigenvalue weighted by Crippen LogP contribution is 2.21. The maximum absolute atomic E-state index is 12.4. The lowest BCUT2D eigenvalue weighted by atomic mass is 10.1. The molecule has 2 N–H and O–H groups in total. The molecule has 2 aromatic rings. The van der Waals surface area contributed by atoms with Crippen molar-refractivity contribution in [1.29, 1.82) is 0 Å². The largest absolute Gasteiger partial charge is 0.355 e. The molecule has 0 saturated carbocycles. The van der Waals surface area contributed by atoms with Crippen LogP contribution in [0.5, 0.6) is 0 Å². The summed E-state index contributed by atoms with van der Waals surface area (Å²) in [5, 5.41) is 6.42. The third-order valence-electron chi connectivity index (χ3n) is 4.67. The Balaban J connectivity index is 0.00000280. The fourth-order valence-electron chi connectivity index (χ4n) is 3.17. The summed E-state index contributed by atoms with van der Waals surface area (Å²) in [6, 6.07) is 13.2. The van der Waals surface area contributed by atoms with Crippen LogP contribution in [0.2, 0.25) is 0 Å². The smallest absolute Gasteiger partial charge is 0.261 e. The number of aliphatic imine (C=N–C) groups is 1. The van der Waals surface area contributed by atoms with E-state index < -0.39 is 0 Å². The lowest BCUT2D eigenvalue weighted by Gasteiger charge is -2.17. The number of hydrogen-bond donors (Lipinski definition) is 2. The topological polar surface area (TPSA) is 73.8 Å². The van der Waals surface area contributed by atoms with Gasteiger partial charge >= 0.3 is 0 Å². The number of benzene rings is 2. The highest BCUT2D eigenvalue weighted by Gasteiger charge is 2.34. The van der Waals surface area contributed by atoms with Crippen LogP contribution in [0.15, 0.2) is 47.5 Å². The maximum atomic E-state index is 12.4. The van der Waals surface area contributed by atoms with E-state index >= 15 is 0 Å². The predicted molar refractivity (Wildman–Crippen MR) is 121 cm³/mol. The number of nitrogens with one attached hydrogen (secondary N) is 2. The molecule has 1 heterocycles. The second-order valence-electron chi connectivity index (χ2n) is 6.59. The minimum atomic E-state index is -0.240. The van der Waals surface area contributed by atoms with Gasteiger partial charge in [0.2, 0.25) is 0 Å². The van der Waals surface area contributed by atoms with Gasteiger partial charge in [0.05, 0.1) is 11.1 Å². The Bertz CT molecular complexity index is 876. The lowest BCUT2D eigenvalue weighted by molar-refractivity contribution is 0.0657. The van der Waals surface area contributed by atoms with Crippen LogP contribution in [0.4, 0.5) is 0 Å². The number of nitrogens with zero attached hydrogens (tertiary/aromatic N) is 2. The molecular formula is C21H25IN4O2. The van der Waals surface area contributed by atoms with Crippen LogP contribution in [0, 0.1) is 13.8 Å². The summed E-state index contributed by atoms with van der Waals surface area (Å²) >= 11 is 0. The quantitative estimate of drug-likeness (QED) is 0.292. The molecule has 0 radical (unpaired) electrons. The summed E-state index contributed by atoms with van der Waals surface area (Å²) in [6.07, 6.45) is 0. The molecule has 6 nitrogen and oxygen atoms in total. The van der Waals surface area contributed by atoms with E-state index in [1.807, 2.05) is 0 Å². The summed E-state index contributed by atoms with van der Waals surface area (Å²) in [5.41, 5.74) is 4.60. The number of fused-ring (bicyclic) bond motifs is 1. The average molecular weight is 492 g/mol. The molecule has 1 aliphatic rings. The monoisotopic (exact) mass is 492 g/mol. The Morgan fingerprint density at radius 3 is 2.21 bits per heavy atom. The van der Waals surface area contributed by atoms with Gasteiger partial charge in [-0.3, -0.25) is 19.5 Å². The van der Waals surface area contributed by atoms with E-state index in [-0.39, 0.29) is 42.3 Å². The van der Waals surface area contributed by atoms with Crippen LogP contribution in [0.25, 0.3) is 0 Å². The molecule has 3 rings (SSSR count). The van der Waals surface area contributed by atoms with Crippen molar-refractivity contribution in [2.24, 2.45) is 4.99 Å². The second kappa shape index (κ2) is 9.68. The Morgan fingerprint density at radius 2 is 1.64 bits per heavy atom. The Morgan fingerprint density at radius 1 is 1.00 bits per heavy atom. The number of carbonyl (C=O) groups excluding carboxylic acids is 2. The maximum Gasteiger partial charge on any atom is 0.261 e. The average Bonchev–Trinajstić information content (AvgIpc) is 2.90. The summed E-state index contributed by atoms with van der Waals surface area (Å²) in [7, 11) is 1.69. The minimum absolute atomic E-state index is 0. The van der Waals surface area contributed by atoms with E-state index in [4.69, 9.17) is 0 Å². The first kappa shape index (κ1) is 21.9. The van der Waals surface area contributed by atoms with E-state index in [1.54, 1.807) is 31.3 Å². The van der Waals surface area contributed by atoms with Gasteiger partial charge in [0.1, 0.15) is 0 Å². The van der Waals surface area contributed by atoms with Gasteiger partial charge in [-0.2, -0.15) is 0 Å². The number of aryl methyl sites for hydroxylation is 2. The summed E-state index contributed by atoms with van der Waals surface area (Å²) in [6.45, 7) is 5.53. The molecule has 2 amide bonds. The molecule has 0 aliphatic carbocycles. The van der Waals surface area contributed by atoms with Crippen LogP contribution in [0.3, 0.4) is 0 Å². The summed E-state index contributed by atoms with van der Waals surface area (Å²) in [5.74, 6) is 0.151. The molecule has 1 aliphatic heterocycles. The molecule has 0 saturated heterocycles. The SMILES string of the molecule is CN=C(NCCN1C(=O)c2ccccc2C1=O)NCc1ccc(C)cc1C.I. The molecule has 28 heavy (non-hydrogen) atoms. The van der Waals surface area contributed by atoms with Gasteiger partial charge in [-0.15, -0.1) is 24.0 Å². The van der Waals surface area contributed by atoms with Crippen LogP contribution in [0.1, 0.15) is 37.4 Å². The first-order chi connectivity index (χ1) is 13.0. The van der Waals surface area contributed by atoms with Crippen molar-refractivity contribution in [2.45, 2.75) is 20.4 Å². The van der Waals surface area contributed by atoms with Crippen LogP contribution < -0.4 is 10.6 Å². The van der Waals surface area contributed by atoms with Gasteiger partial charge in [0, 0.05) is 26.7 Å². The third kappa shape index (κ3) is 4.70. The third-order valence-corrected chi connectivity index (χ3v) is 4.67. The van der Waals surface area contributed by atoms with Crippen molar-refractivity contribution in [3.63, 3.8) is 0 Å². The standard InChI is InChI=1S/C21H24N4O2.HI/c1-14-8-9-16(15(2)12-14)13-24-21(22-3)23-10-11-25-19(26)17-6-4-5-7-18(17)20(25)27;/h4-9,12H,10-11,13H2,1-3H3,(H2,22,23,24);1H. The van der Waals surface area contributed by atoms with Crippen LogP contribution >= 0.6 is 24.0 Å². The number of carbonyl (C=O) groups is 2. The van der Waals surface area contributed by atoms with Crippen LogP contribution in [-0.4, -0.2) is 42.8 Å². The Labute approximate surface area is 182 Å². The number of rotatable bonds is 5. The molecule has 0 atom stereocenters. The Kier molecular flexibility index (Phi) is 7.56. The zero-order valence-electron chi connectivity index (χ0n) is 16.3. The number of hydrogen-bond acceptors (Lipinski definition) is 3. The van der Waals surface area contributed by atoms with Crippen molar-refractivity contribution in [3.8, 4) is 0 Å². The molecule has 0 unspecified atom stereocenters. The zero-order chi connectivity index (χ0) is 19.4. The van der Waals surface area contributed by atoms with Gasteiger partial charge < -0.3 is 10.6 Å². The van der Waals surface area contributed by atoms with Crippen molar-refractivity contribution in [3.05, 3.63) is 70.3 Å². The molecule has 0 fully saturated rings. The van der Waals surface area contributed by atoms with Crippen molar-refractivity contribution in [2.75, 3.05) is 20.1 Å². The van der Waals surface area contributed by atoms with E-state index in [0.717, 1.165) is 0 Å². The molecule has 2 aromatic carbocycles. The normalized spacial score (nSPS) is 13.2. The van der Waals surface area contributed by atoms with Gasteiger partial charge in [-0.05, 0) is 37.1 Å². The second-order valence-corrected chi connectivity index (χ2v) is 6.59. The minimum Gasteiger partial charge on any atom is -0.355 e. The molecule has 7 heteroatoms. The highest BCUT2D eigenvalue weighted by molar-refractivity contribution is 14.0. The van der Waals surface area contributed by atoms with Crippen molar-refractivity contribution >= 4 is 41.8 Å². The van der Waals surface area contributed by atoms with Crippen LogP contribution in [-0.2, 0) is 6.54 Å². The van der Waals surface area contributed by atoms with E-state index in [1.165, 1.54) is 21.6 Å². The number of guanidine groups is 1. The molecule has 0 spiro atoms. The van der Waals surface area contributed by atoms with Crippen molar-refractivity contribution < 1.29 is 9.59 Å². The lowest BCUT2D eigenvalue weighted by Crippen LogP contribution is -2.42. The first-order valence-corrected chi connectivity index (χ1v) is 8.97. The molecular weight excluding hydrogens is 467 g/mol. The number of imide groups is 1. The summed E-state index contributed by atoms with van der Waals surface area (Å²) < 4.78 is 0. The van der Waals surface area contributed by atoms with Gasteiger partial charge in [0.15, 0.2) is 5.96 Å². The van der Waals surface area contributed by atoms with Gasteiger partial charge in [-0.25, -0.2) is 0 Å². The molecule has 0 bridgehead atoms. The fraction of sp³-hybridized carbons (Fsp3) is 0.286. The van der Waals surface area contributed by atoms with E-state index in [0.29, 0.717) is 30.2 Å². The van der Waals surface area contributed by atoms with E-state index in [9.17, 15) is 9.59 Å². The molecule has 148 valence electrons. The van der Waals surface area contributed by atoms with Gasteiger partial charge in [0.25, 0.3) is 11.8 Å². The van der Waals surface area contributed by atoms with E-state index in [2.05, 4.69) is 47.7 Å². The highest BCUT2D eigenvalue weighted by atomic mass is 127. The number of halogens is 1. The zero-order valence-corrected chi connectivity index (χ0v) is 18.6. The van der Waals surface area contributed by atoms with Crippen molar-refractivity contribution in [1.82, 2.24) is 15.5 Å².